The van der Waals surface area contributed by atoms with Gasteiger partial charge in [-0.3, -0.25) is 14.9 Å². The monoisotopic (exact) mass is 359 g/mol. The molecule has 0 heterocycles. The summed E-state index contributed by atoms with van der Waals surface area (Å²) in [6, 6.07) is 5.36. The van der Waals surface area contributed by atoms with Gasteiger partial charge < -0.3 is 15.8 Å². The van der Waals surface area contributed by atoms with Crippen LogP contribution in [0.1, 0.15) is 10.4 Å². The van der Waals surface area contributed by atoms with E-state index >= 15 is 0 Å². The number of nitrogens with one attached hydrogen (secondary N) is 1. The molecule has 0 aromatic heterocycles. The van der Waals surface area contributed by atoms with Crippen LogP contribution in [0.2, 0.25) is 0 Å². The van der Waals surface area contributed by atoms with Crippen molar-refractivity contribution in [2.45, 2.75) is 6.36 Å². The largest absolute Gasteiger partial charge is 0.573 e. The summed E-state index contributed by atoms with van der Waals surface area (Å²) in [5.41, 5.74) is 3.73. The van der Waals surface area contributed by atoms with Crippen LogP contribution in [0.25, 0.3) is 0 Å². The summed E-state index contributed by atoms with van der Waals surface area (Å²) in [5, 5.41) is 13.0. The van der Waals surface area contributed by atoms with Crippen LogP contribution in [0.5, 0.6) is 5.75 Å². The van der Waals surface area contributed by atoms with Gasteiger partial charge >= 0.3 is 6.36 Å². The number of benzene rings is 2. The van der Waals surface area contributed by atoms with Crippen LogP contribution >= 0.6 is 0 Å². The van der Waals surface area contributed by atoms with Crippen molar-refractivity contribution in [1.82, 2.24) is 0 Å². The van der Waals surface area contributed by atoms with Crippen LogP contribution in [-0.2, 0) is 0 Å². The Hall–Kier alpha value is -3.37. The van der Waals surface area contributed by atoms with E-state index in [4.69, 9.17) is 5.73 Å². The number of carbonyl (C=O) groups is 1. The van der Waals surface area contributed by atoms with Gasteiger partial charge in [-0.1, -0.05) is 0 Å². The molecule has 0 bridgehead atoms. The summed E-state index contributed by atoms with van der Waals surface area (Å²) in [7, 11) is 0. The number of anilines is 2. The standard InChI is InChI=1S/C14H9F4N3O4/c15-7-5-10(12(19)11(6-7)21(23)24)13(22)20-8-1-3-9(4-2-8)25-14(16,17)18/h1-6H,19H2,(H,20,22). The minimum Gasteiger partial charge on any atom is -0.406 e. The average Bonchev–Trinajstić information content (AvgIpc) is 2.49. The second kappa shape index (κ2) is 6.63. The maximum Gasteiger partial charge on any atom is 0.573 e. The fourth-order valence-electron chi connectivity index (χ4n) is 1.88. The lowest BCUT2D eigenvalue weighted by Gasteiger charge is -2.11. The first-order valence-electron chi connectivity index (χ1n) is 6.47. The Morgan fingerprint density at radius 3 is 2.32 bits per heavy atom. The van der Waals surface area contributed by atoms with E-state index in [9.17, 15) is 32.5 Å². The number of hydrogen-bond donors (Lipinski definition) is 2. The fourth-order valence-corrected chi connectivity index (χ4v) is 1.88. The number of rotatable bonds is 4. The third-order valence-electron chi connectivity index (χ3n) is 2.91. The molecule has 0 saturated heterocycles. The zero-order valence-corrected chi connectivity index (χ0v) is 12.1. The minimum absolute atomic E-state index is 0.0471. The SMILES string of the molecule is Nc1c(C(=O)Nc2ccc(OC(F)(F)F)cc2)cc(F)cc1[N+](=O)[O-]. The topological polar surface area (TPSA) is 107 Å². The minimum atomic E-state index is -4.86. The Morgan fingerprint density at radius 1 is 1.20 bits per heavy atom. The molecule has 11 heteroatoms. The Balaban J connectivity index is 2.21. The van der Waals surface area contributed by atoms with Crippen LogP contribution in [0, 0.1) is 15.9 Å². The Bertz CT molecular complexity index is 822. The van der Waals surface area contributed by atoms with Gasteiger partial charge in [-0.15, -0.1) is 13.2 Å². The number of nitrogens with zero attached hydrogens (tertiary/aromatic N) is 1. The third kappa shape index (κ3) is 4.56. The molecule has 0 saturated carbocycles. The number of carbonyl (C=O) groups excluding carboxylic acids is 1. The summed E-state index contributed by atoms with van der Waals surface area (Å²) < 4.78 is 53.3. The van der Waals surface area contributed by atoms with Crippen LogP contribution in [0.3, 0.4) is 0 Å². The van der Waals surface area contributed by atoms with Gasteiger partial charge in [-0.2, -0.15) is 0 Å². The van der Waals surface area contributed by atoms with Crippen molar-refractivity contribution >= 4 is 23.0 Å². The summed E-state index contributed by atoms with van der Waals surface area (Å²) in [5.74, 6) is -2.52. The number of nitrogens with two attached hydrogens (primary N) is 1. The van der Waals surface area contributed by atoms with Crippen LogP contribution in [0.15, 0.2) is 36.4 Å². The summed E-state index contributed by atoms with van der Waals surface area (Å²) >= 11 is 0. The molecule has 0 atom stereocenters. The molecule has 7 nitrogen and oxygen atoms in total. The molecule has 25 heavy (non-hydrogen) atoms. The molecule has 2 aromatic carbocycles. The lowest BCUT2D eigenvalue weighted by Crippen LogP contribution is -2.17. The molecule has 132 valence electrons. The number of halogens is 4. The van der Waals surface area contributed by atoms with E-state index in [0.717, 1.165) is 24.3 Å². The maximum atomic E-state index is 13.4. The molecule has 0 spiro atoms. The lowest BCUT2D eigenvalue weighted by molar-refractivity contribution is -0.384. The number of hydrogen-bond acceptors (Lipinski definition) is 5. The highest BCUT2D eigenvalue weighted by atomic mass is 19.4. The summed E-state index contributed by atoms with van der Waals surface area (Å²) in [6.07, 6.45) is -4.86. The predicted molar refractivity (Wildman–Crippen MR) is 78.5 cm³/mol. The van der Waals surface area contributed by atoms with Gasteiger partial charge in [-0.05, 0) is 30.3 Å². The zero-order valence-electron chi connectivity index (χ0n) is 12.1. The van der Waals surface area contributed by atoms with Crippen LogP contribution in [-0.4, -0.2) is 17.2 Å². The molecule has 0 unspecified atom stereocenters. The average molecular weight is 359 g/mol. The molecule has 0 aliphatic heterocycles. The van der Waals surface area contributed by atoms with E-state index in [1.807, 2.05) is 0 Å². The highest BCUT2D eigenvalue weighted by molar-refractivity contribution is 6.08. The molecule has 0 aliphatic rings. The summed E-state index contributed by atoms with van der Waals surface area (Å²) in [6.45, 7) is 0. The highest BCUT2D eigenvalue weighted by Gasteiger charge is 2.31. The van der Waals surface area contributed by atoms with Gasteiger partial charge in [0.1, 0.15) is 17.3 Å². The second-order valence-electron chi connectivity index (χ2n) is 4.67. The van der Waals surface area contributed by atoms with E-state index in [1.54, 1.807) is 0 Å². The van der Waals surface area contributed by atoms with Crippen LogP contribution < -0.4 is 15.8 Å². The van der Waals surface area contributed by atoms with Gasteiger partial charge in [-0.25, -0.2) is 4.39 Å². The lowest BCUT2D eigenvalue weighted by atomic mass is 10.1. The van der Waals surface area contributed by atoms with Gasteiger partial charge in [0.15, 0.2) is 0 Å². The van der Waals surface area contributed by atoms with Gasteiger partial charge in [0.05, 0.1) is 16.6 Å². The van der Waals surface area contributed by atoms with E-state index in [0.29, 0.717) is 12.1 Å². The predicted octanol–water partition coefficient (Wildman–Crippen LogP) is 3.47. The molecule has 2 aromatic rings. The molecule has 0 fully saturated rings. The van der Waals surface area contributed by atoms with E-state index in [1.165, 1.54) is 0 Å². The normalized spacial score (nSPS) is 11.0. The Labute approximate surface area is 137 Å². The van der Waals surface area contributed by atoms with E-state index < -0.39 is 45.7 Å². The number of nitro groups is 1. The Kier molecular flexibility index (Phi) is 4.77. The first-order chi connectivity index (χ1) is 11.6. The van der Waals surface area contributed by atoms with Crippen molar-refractivity contribution in [3.63, 3.8) is 0 Å². The molecular formula is C14H9F4N3O4. The van der Waals surface area contributed by atoms with E-state index in [-0.39, 0.29) is 5.69 Å². The number of amides is 1. The van der Waals surface area contributed by atoms with Crippen molar-refractivity contribution in [2.75, 3.05) is 11.1 Å². The maximum absolute atomic E-state index is 13.4. The Morgan fingerprint density at radius 2 is 1.80 bits per heavy atom. The van der Waals surface area contributed by atoms with E-state index in [2.05, 4.69) is 10.1 Å². The molecule has 2 rings (SSSR count). The van der Waals surface area contributed by atoms with Gasteiger partial charge in [0.25, 0.3) is 11.6 Å². The number of alkyl halides is 3. The van der Waals surface area contributed by atoms with Crippen molar-refractivity contribution in [3.8, 4) is 5.75 Å². The number of ether oxygens (including phenoxy) is 1. The molecule has 3 N–H and O–H groups in total. The number of nitro benzene ring substituents is 1. The molecule has 0 aliphatic carbocycles. The van der Waals surface area contributed by atoms with Gasteiger partial charge in [0.2, 0.25) is 0 Å². The van der Waals surface area contributed by atoms with Gasteiger partial charge in [0, 0.05) is 5.69 Å². The molecule has 0 radical (unpaired) electrons. The fraction of sp³-hybridized carbons (Fsp3) is 0.0714. The first kappa shape index (κ1) is 18.0. The smallest absolute Gasteiger partial charge is 0.406 e. The van der Waals surface area contributed by atoms with Crippen molar-refractivity contribution in [2.24, 2.45) is 0 Å². The third-order valence-corrected chi connectivity index (χ3v) is 2.91. The van der Waals surface area contributed by atoms with Crippen molar-refractivity contribution in [1.29, 1.82) is 0 Å². The number of nitrogen functional groups attached to an aromatic ring is 1. The summed E-state index contributed by atoms with van der Waals surface area (Å²) in [4.78, 5) is 21.9. The first-order valence-corrected chi connectivity index (χ1v) is 6.47. The highest BCUT2D eigenvalue weighted by Crippen LogP contribution is 2.28. The quantitative estimate of drug-likeness (QED) is 0.376. The van der Waals surface area contributed by atoms with Crippen molar-refractivity contribution < 1.29 is 32.0 Å². The molecule has 1 amide bonds. The molecular weight excluding hydrogens is 350 g/mol. The second-order valence-corrected chi connectivity index (χ2v) is 4.67. The van der Waals surface area contributed by atoms with Crippen LogP contribution in [0.4, 0.5) is 34.6 Å². The zero-order chi connectivity index (χ0) is 18.8. The van der Waals surface area contributed by atoms with Crippen molar-refractivity contribution in [3.05, 3.63) is 57.9 Å².